The zero-order valence-corrected chi connectivity index (χ0v) is 24.9. The van der Waals surface area contributed by atoms with Crippen LogP contribution in [0.15, 0.2) is 115 Å². The molecule has 6 aromatic carbocycles. The van der Waals surface area contributed by atoms with Crippen molar-refractivity contribution in [1.29, 1.82) is 0 Å². The van der Waals surface area contributed by atoms with E-state index in [0.29, 0.717) is 0 Å². The van der Waals surface area contributed by atoms with Crippen LogP contribution in [0.4, 0.5) is 0 Å². The average Bonchev–Trinajstić information content (AvgIpc) is 3.30. The van der Waals surface area contributed by atoms with E-state index in [-0.39, 0.29) is 10.8 Å². The molecule has 0 fully saturated rings. The standard InChI is InChI=1S/C40H37N/c1-39(2,3)32-18-14-26(15-19-32)30-22-28-12-13-29-23-31(27-16-20-33(21-17-27)40(4,5)6)25-36-38(29)37(28)35(24-30)41(36)34-10-8-7-9-11-34/h7-25H,1-6H3. The van der Waals surface area contributed by atoms with Gasteiger partial charge in [-0.1, -0.05) is 120 Å². The minimum atomic E-state index is 0.137. The third-order valence-electron chi connectivity index (χ3n) is 8.65. The quantitative estimate of drug-likeness (QED) is 0.200. The van der Waals surface area contributed by atoms with Crippen molar-refractivity contribution in [2.45, 2.75) is 52.4 Å². The summed E-state index contributed by atoms with van der Waals surface area (Å²) in [6.45, 7) is 13.6. The van der Waals surface area contributed by atoms with Gasteiger partial charge in [0.25, 0.3) is 0 Å². The summed E-state index contributed by atoms with van der Waals surface area (Å²) in [5.74, 6) is 0. The van der Waals surface area contributed by atoms with E-state index in [9.17, 15) is 0 Å². The van der Waals surface area contributed by atoms with E-state index in [2.05, 4.69) is 161 Å². The molecule has 1 heteroatoms. The third-order valence-corrected chi connectivity index (χ3v) is 8.65. The van der Waals surface area contributed by atoms with E-state index in [1.165, 1.54) is 71.6 Å². The number of aromatic nitrogens is 1. The maximum Gasteiger partial charge on any atom is 0.0553 e. The Balaban J connectivity index is 1.49. The Morgan fingerprint density at radius 3 is 1.22 bits per heavy atom. The van der Waals surface area contributed by atoms with Crippen LogP contribution in [0.25, 0.3) is 60.5 Å². The normalized spacial score (nSPS) is 12.6. The van der Waals surface area contributed by atoms with Gasteiger partial charge in [-0.25, -0.2) is 0 Å². The Hall–Kier alpha value is -4.36. The highest BCUT2D eigenvalue weighted by Gasteiger charge is 2.20. The van der Waals surface area contributed by atoms with Crippen molar-refractivity contribution in [1.82, 2.24) is 4.57 Å². The van der Waals surface area contributed by atoms with Gasteiger partial charge < -0.3 is 4.57 Å². The van der Waals surface area contributed by atoms with Crippen molar-refractivity contribution in [3.8, 4) is 27.9 Å². The van der Waals surface area contributed by atoms with Gasteiger partial charge in [0.05, 0.1) is 11.0 Å². The average molecular weight is 532 g/mol. The lowest BCUT2D eigenvalue weighted by molar-refractivity contribution is 0.590. The van der Waals surface area contributed by atoms with Gasteiger partial charge in [-0.2, -0.15) is 0 Å². The highest BCUT2D eigenvalue weighted by atomic mass is 15.0. The molecule has 0 amide bonds. The molecule has 0 N–H and O–H groups in total. The first-order valence-electron chi connectivity index (χ1n) is 14.7. The number of hydrogen-bond acceptors (Lipinski definition) is 0. The molecule has 0 bridgehead atoms. The molecule has 202 valence electrons. The Morgan fingerprint density at radius 2 is 0.829 bits per heavy atom. The maximum absolute atomic E-state index is 2.46. The SMILES string of the molecule is CC(C)(C)c1ccc(-c2cc3ccc4cc(-c5ccc(C(C)(C)C)cc5)cc5c4c3c(c2)n5-c2ccccc2)cc1. The lowest BCUT2D eigenvalue weighted by Crippen LogP contribution is -2.10. The summed E-state index contributed by atoms with van der Waals surface area (Å²) >= 11 is 0. The second-order valence-corrected chi connectivity index (χ2v) is 13.6. The molecule has 0 saturated carbocycles. The van der Waals surface area contributed by atoms with E-state index in [1.807, 2.05) is 0 Å². The molecule has 1 aromatic heterocycles. The van der Waals surface area contributed by atoms with Crippen molar-refractivity contribution >= 4 is 32.6 Å². The second-order valence-electron chi connectivity index (χ2n) is 13.6. The first-order chi connectivity index (χ1) is 19.6. The fourth-order valence-corrected chi connectivity index (χ4v) is 6.28. The summed E-state index contributed by atoms with van der Waals surface area (Å²) < 4.78 is 2.46. The van der Waals surface area contributed by atoms with Gasteiger partial charge in [-0.15, -0.1) is 0 Å². The van der Waals surface area contributed by atoms with Crippen molar-refractivity contribution in [2.75, 3.05) is 0 Å². The Kier molecular flexibility index (Phi) is 5.67. The number of hydrogen-bond donors (Lipinski definition) is 0. The van der Waals surface area contributed by atoms with Crippen LogP contribution in [-0.2, 0) is 10.8 Å². The topological polar surface area (TPSA) is 4.93 Å². The Labute approximate surface area is 243 Å². The molecule has 7 rings (SSSR count). The summed E-state index contributed by atoms with van der Waals surface area (Å²) in [5.41, 5.74) is 11.7. The number of benzene rings is 6. The van der Waals surface area contributed by atoms with Gasteiger partial charge in [-0.05, 0) is 91.4 Å². The van der Waals surface area contributed by atoms with Crippen LogP contribution in [0.1, 0.15) is 52.7 Å². The zero-order chi connectivity index (χ0) is 28.5. The van der Waals surface area contributed by atoms with Crippen LogP contribution in [0, 0.1) is 0 Å². The van der Waals surface area contributed by atoms with E-state index < -0.39 is 0 Å². The molecule has 0 unspecified atom stereocenters. The predicted octanol–water partition coefficient (Wildman–Crippen LogP) is 11.3. The smallest absolute Gasteiger partial charge is 0.0553 e. The molecule has 0 saturated heterocycles. The molecule has 1 heterocycles. The molecule has 0 aliphatic rings. The summed E-state index contributed by atoms with van der Waals surface area (Å²) in [6.07, 6.45) is 0. The van der Waals surface area contributed by atoms with E-state index in [0.717, 1.165) is 0 Å². The molecular weight excluding hydrogens is 494 g/mol. The lowest BCUT2D eigenvalue weighted by Gasteiger charge is -2.19. The largest absolute Gasteiger partial charge is 0.309 e. The third kappa shape index (κ3) is 4.32. The molecular formula is C40H37N. The van der Waals surface area contributed by atoms with Crippen LogP contribution in [0.5, 0.6) is 0 Å². The monoisotopic (exact) mass is 531 g/mol. The molecule has 41 heavy (non-hydrogen) atoms. The van der Waals surface area contributed by atoms with Crippen LogP contribution >= 0.6 is 0 Å². The van der Waals surface area contributed by atoms with Gasteiger partial charge >= 0.3 is 0 Å². The summed E-state index contributed by atoms with van der Waals surface area (Å²) in [5, 5.41) is 5.25. The molecule has 1 nitrogen and oxygen atoms in total. The first-order valence-corrected chi connectivity index (χ1v) is 14.7. The molecule has 0 spiro atoms. The van der Waals surface area contributed by atoms with E-state index >= 15 is 0 Å². The molecule has 0 aliphatic carbocycles. The zero-order valence-electron chi connectivity index (χ0n) is 24.9. The first kappa shape index (κ1) is 25.6. The van der Waals surface area contributed by atoms with Gasteiger partial charge in [-0.3, -0.25) is 0 Å². The van der Waals surface area contributed by atoms with Crippen LogP contribution < -0.4 is 0 Å². The Bertz CT molecular complexity index is 1880. The van der Waals surface area contributed by atoms with Gasteiger partial charge in [0.2, 0.25) is 0 Å². The van der Waals surface area contributed by atoms with Gasteiger partial charge in [0.15, 0.2) is 0 Å². The van der Waals surface area contributed by atoms with Crippen molar-refractivity contribution in [3.63, 3.8) is 0 Å². The molecule has 0 atom stereocenters. The van der Waals surface area contributed by atoms with Crippen LogP contribution in [0.3, 0.4) is 0 Å². The van der Waals surface area contributed by atoms with Crippen molar-refractivity contribution in [2.24, 2.45) is 0 Å². The highest BCUT2D eigenvalue weighted by molar-refractivity contribution is 6.25. The van der Waals surface area contributed by atoms with E-state index in [4.69, 9.17) is 0 Å². The summed E-state index contributed by atoms with van der Waals surface area (Å²) in [4.78, 5) is 0. The fourth-order valence-electron chi connectivity index (χ4n) is 6.28. The van der Waals surface area contributed by atoms with Gasteiger partial charge in [0.1, 0.15) is 0 Å². The molecule has 7 aromatic rings. The maximum atomic E-state index is 2.46. The lowest BCUT2D eigenvalue weighted by atomic mass is 9.86. The molecule has 0 radical (unpaired) electrons. The molecule has 0 aliphatic heterocycles. The number of para-hydroxylation sites is 1. The van der Waals surface area contributed by atoms with Crippen LogP contribution in [0.2, 0.25) is 0 Å². The fraction of sp³-hybridized carbons (Fsp3) is 0.200. The Morgan fingerprint density at radius 1 is 0.415 bits per heavy atom. The van der Waals surface area contributed by atoms with Gasteiger partial charge in [0, 0.05) is 16.5 Å². The van der Waals surface area contributed by atoms with Crippen molar-refractivity contribution < 1.29 is 0 Å². The number of rotatable bonds is 3. The summed E-state index contributed by atoms with van der Waals surface area (Å²) in [7, 11) is 0. The predicted molar refractivity (Wildman–Crippen MR) is 178 cm³/mol. The number of nitrogens with zero attached hydrogens (tertiary/aromatic N) is 1. The second kappa shape index (κ2) is 9.08. The van der Waals surface area contributed by atoms with Crippen LogP contribution in [-0.4, -0.2) is 4.57 Å². The highest BCUT2D eigenvalue weighted by Crippen LogP contribution is 2.43. The minimum Gasteiger partial charge on any atom is -0.309 e. The van der Waals surface area contributed by atoms with Crippen molar-refractivity contribution in [3.05, 3.63) is 126 Å². The van der Waals surface area contributed by atoms with E-state index in [1.54, 1.807) is 0 Å². The minimum absolute atomic E-state index is 0.137. The summed E-state index contributed by atoms with van der Waals surface area (Å²) in [6, 6.07) is 43.2.